The Balaban J connectivity index is 4.29. The number of nitrogens with one attached hydrogen (secondary N) is 1. The lowest BCUT2D eigenvalue weighted by Gasteiger charge is -2.22. The maximum Gasteiger partial charge on any atom is 0.408 e. The highest BCUT2D eigenvalue weighted by Crippen LogP contribution is 2.07. The lowest BCUT2D eigenvalue weighted by Crippen LogP contribution is -2.44. The van der Waals surface area contributed by atoms with E-state index in [-0.39, 0.29) is 13.0 Å². The molecule has 0 aromatic carbocycles. The Kier molecular flexibility index (Phi) is 5.81. The van der Waals surface area contributed by atoms with E-state index in [1.807, 2.05) is 0 Å². The van der Waals surface area contributed by atoms with E-state index in [0.29, 0.717) is 0 Å². The lowest BCUT2D eigenvalue weighted by atomic mass is 10.2. The molecule has 0 aliphatic rings. The van der Waals surface area contributed by atoms with Crippen LogP contribution in [0.2, 0.25) is 0 Å². The molecule has 0 saturated heterocycles. The third-order valence-corrected chi connectivity index (χ3v) is 1.59. The van der Waals surface area contributed by atoms with E-state index in [0.717, 1.165) is 0 Å². The van der Waals surface area contributed by atoms with Gasteiger partial charge in [0.05, 0.1) is 7.11 Å². The maximum absolute atomic E-state index is 11.3. The van der Waals surface area contributed by atoms with Gasteiger partial charge in [-0.1, -0.05) is 0 Å². The summed E-state index contributed by atoms with van der Waals surface area (Å²) in [5.41, 5.74) is -0.635. The second kappa shape index (κ2) is 6.32. The Morgan fingerprint density at radius 3 is 2.31 bits per heavy atom. The number of hydrogen-bond donors (Lipinski definition) is 2. The van der Waals surface area contributed by atoms with Gasteiger partial charge in [0.2, 0.25) is 0 Å². The fraction of sp³-hybridized carbons (Fsp3) is 0.800. The summed E-state index contributed by atoms with van der Waals surface area (Å²) in [6.07, 6.45) is -0.623. The Labute approximate surface area is 94.9 Å². The van der Waals surface area contributed by atoms with Gasteiger partial charge in [-0.15, -0.1) is 0 Å². The lowest BCUT2D eigenvalue weighted by molar-refractivity contribution is -0.143. The molecule has 0 fully saturated rings. The summed E-state index contributed by atoms with van der Waals surface area (Å²) < 4.78 is 9.45. The third-order valence-electron chi connectivity index (χ3n) is 1.59. The number of aliphatic hydroxyl groups is 1. The molecular formula is C10H19NO5. The van der Waals surface area contributed by atoms with Gasteiger partial charge in [0.25, 0.3) is 0 Å². The molecule has 16 heavy (non-hydrogen) atoms. The van der Waals surface area contributed by atoms with Crippen molar-refractivity contribution in [3.63, 3.8) is 0 Å². The van der Waals surface area contributed by atoms with Crippen LogP contribution in [0.25, 0.3) is 0 Å². The quantitative estimate of drug-likeness (QED) is 0.688. The molecule has 0 radical (unpaired) electrons. The number of alkyl carbamates (subject to hydrolysis) is 1. The molecule has 0 spiro atoms. The number of amides is 1. The van der Waals surface area contributed by atoms with Crippen molar-refractivity contribution in [2.45, 2.75) is 38.8 Å². The van der Waals surface area contributed by atoms with Crippen molar-refractivity contribution >= 4 is 12.1 Å². The van der Waals surface area contributed by atoms with Crippen LogP contribution in [0.15, 0.2) is 0 Å². The predicted molar refractivity (Wildman–Crippen MR) is 56.9 cm³/mol. The largest absolute Gasteiger partial charge is 0.467 e. The van der Waals surface area contributed by atoms with E-state index < -0.39 is 23.7 Å². The minimum atomic E-state index is -0.884. The fourth-order valence-electron chi connectivity index (χ4n) is 0.970. The molecule has 0 saturated carbocycles. The number of hydrogen-bond acceptors (Lipinski definition) is 5. The summed E-state index contributed by atoms with van der Waals surface area (Å²) in [7, 11) is 1.21. The van der Waals surface area contributed by atoms with E-state index in [9.17, 15) is 9.59 Å². The summed E-state index contributed by atoms with van der Waals surface area (Å²) in [5, 5.41) is 11.1. The van der Waals surface area contributed by atoms with Gasteiger partial charge in [0.15, 0.2) is 0 Å². The van der Waals surface area contributed by atoms with Crippen LogP contribution >= 0.6 is 0 Å². The molecule has 0 rings (SSSR count). The van der Waals surface area contributed by atoms with E-state index in [4.69, 9.17) is 9.84 Å². The van der Waals surface area contributed by atoms with Crippen molar-refractivity contribution in [3.05, 3.63) is 0 Å². The topological polar surface area (TPSA) is 84.9 Å². The van der Waals surface area contributed by atoms with E-state index in [1.165, 1.54) is 7.11 Å². The minimum Gasteiger partial charge on any atom is -0.467 e. The Morgan fingerprint density at radius 2 is 1.94 bits per heavy atom. The smallest absolute Gasteiger partial charge is 0.408 e. The molecule has 6 heteroatoms. The number of carbonyl (C=O) groups excluding carboxylic acids is 2. The molecule has 94 valence electrons. The zero-order chi connectivity index (χ0) is 12.8. The molecule has 0 aromatic rings. The number of ether oxygens (including phenoxy) is 2. The van der Waals surface area contributed by atoms with Gasteiger partial charge in [-0.25, -0.2) is 9.59 Å². The van der Waals surface area contributed by atoms with Crippen molar-refractivity contribution in [1.29, 1.82) is 0 Å². The average molecular weight is 233 g/mol. The van der Waals surface area contributed by atoms with Crippen LogP contribution in [-0.2, 0) is 14.3 Å². The first-order valence-electron chi connectivity index (χ1n) is 4.98. The summed E-state index contributed by atoms with van der Waals surface area (Å²) >= 11 is 0. The highest BCUT2D eigenvalue weighted by Gasteiger charge is 2.24. The van der Waals surface area contributed by atoms with E-state index in [2.05, 4.69) is 10.1 Å². The van der Waals surface area contributed by atoms with Crippen molar-refractivity contribution in [2.24, 2.45) is 0 Å². The second-order valence-corrected chi connectivity index (χ2v) is 4.23. The number of aliphatic hydroxyl groups excluding tert-OH is 1. The zero-order valence-corrected chi connectivity index (χ0v) is 10.1. The first-order valence-corrected chi connectivity index (χ1v) is 4.98. The molecular weight excluding hydrogens is 214 g/mol. The van der Waals surface area contributed by atoms with E-state index >= 15 is 0 Å². The first-order chi connectivity index (χ1) is 7.30. The first kappa shape index (κ1) is 14.7. The van der Waals surface area contributed by atoms with Crippen molar-refractivity contribution in [2.75, 3.05) is 13.7 Å². The fourth-order valence-corrected chi connectivity index (χ4v) is 0.970. The zero-order valence-electron chi connectivity index (χ0n) is 10.1. The normalized spacial score (nSPS) is 12.8. The Morgan fingerprint density at radius 1 is 1.38 bits per heavy atom. The van der Waals surface area contributed by atoms with Crippen LogP contribution in [0.3, 0.4) is 0 Å². The molecule has 0 aromatic heterocycles. The van der Waals surface area contributed by atoms with Crippen LogP contribution in [0.1, 0.15) is 27.2 Å². The number of rotatable bonds is 4. The average Bonchev–Trinajstić information content (AvgIpc) is 2.13. The van der Waals surface area contributed by atoms with Crippen molar-refractivity contribution in [3.8, 4) is 0 Å². The molecule has 0 unspecified atom stereocenters. The van der Waals surface area contributed by atoms with Crippen LogP contribution in [0, 0.1) is 0 Å². The molecule has 1 amide bonds. The molecule has 0 bridgehead atoms. The van der Waals surface area contributed by atoms with Crippen molar-refractivity contribution < 1.29 is 24.2 Å². The SMILES string of the molecule is COC(=O)[C@H](CCO)NC(=O)OC(C)(C)C. The van der Waals surface area contributed by atoms with Gasteiger partial charge in [-0.2, -0.15) is 0 Å². The predicted octanol–water partition coefficient (Wildman–Crippen LogP) is 0.435. The maximum atomic E-state index is 11.3. The Bertz CT molecular complexity index is 246. The van der Waals surface area contributed by atoms with Gasteiger partial charge in [-0.3, -0.25) is 0 Å². The van der Waals surface area contributed by atoms with Crippen LogP contribution in [0.4, 0.5) is 4.79 Å². The molecule has 0 aliphatic heterocycles. The molecule has 0 heterocycles. The van der Waals surface area contributed by atoms with Crippen LogP contribution in [-0.4, -0.2) is 42.5 Å². The molecule has 0 aliphatic carbocycles. The van der Waals surface area contributed by atoms with E-state index in [1.54, 1.807) is 20.8 Å². The summed E-state index contributed by atoms with van der Waals surface area (Å²) in [6, 6.07) is -0.884. The highest BCUT2D eigenvalue weighted by molar-refractivity contribution is 5.81. The van der Waals surface area contributed by atoms with Gasteiger partial charge < -0.3 is 19.9 Å². The Hall–Kier alpha value is -1.30. The molecule has 2 N–H and O–H groups in total. The third kappa shape index (κ3) is 6.23. The summed E-state index contributed by atoms with van der Waals surface area (Å²) in [4.78, 5) is 22.5. The highest BCUT2D eigenvalue weighted by atomic mass is 16.6. The number of esters is 1. The van der Waals surface area contributed by atoms with Gasteiger partial charge in [0.1, 0.15) is 11.6 Å². The monoisotopic (exact) mass is 233 g/mol. The van der Waals surface area contributed by atoms with Gasteiger partial charge >= 0.3 is 12.1 Å². The standard InChI is InChI=1S/C10H19NO5/c1-10(2,3)16-9(14)11-7(5-6-12)8(13)15-4/h7,12H,5-6H2,1-4H3,(H,11,14)/t7-/m0/s1. The summed E-state index contributed by atoms with van der Waals surface area (Å²) in [6.45, 7) is 4.92. The summed E-state index contributed by atoms with van der Waals surface area (Å²) in [5.74, 6) is -0.611. The number of carbonyl (C=O) groups is 2. The van der Waals surface area contributed by atoms with Crippen LogP contribution < -0.4 is 5.32 Å². The minimum absolute atomic E-state index is 0.0892. The molecule has 6 nitrogen and oxygen atoms in total. The van der Waals surface area contributed by atoms with Crippen molar-refractivity contribution in [1.82, 2.24) is 5.32 Å². The van der Waals surface area contributed by atoms with Gasteiger partial charge in [0, 0.05) is 13.0 Å². The number of methoxy groups -OCH3 is 1. The second-order valence-electron chi connectivity index (χ2n) is 4.23. The molecule has 1 atom stereocenters. The van der Waals surface area contributed by atoms with Gasteiger partial charge in [-0.05, 0) is 20.8 Å². The van der Waals surface area contributed by atoms with Crippen LogP contribution in [0.5, 0.6) is 0 Å².